The van der Waals surface area contributed by atoms with E-state index in [0.717, 1.165) is 12.5 Å². The molecule has 0 spiro atoms. The molecule has 1 saturated carbocycles. The number of nitrogens with zero attached hydrogens (tertiary/aromatic N) is 1. The minimum Gasteiger partial charge on any atom is -0.329 e. The van der Waals surface area contributed by atoms with Crippen molar-refractivity contribution in [2.45, 2.75) is 63.2 Å². The number of rotatable bonds is 4. The van der Waals surface area contributed by atoms with Crippen LogP contribution in [-0.4, -0.2) is 41.1 Å². The van der Waals surface area contributed by atoms with E-state index >= 15 is 0 Å². The molecule has 1 aliphatic carbocycles. The second-order valence-corrected chi connectivity index (χ2v) is 8.51. The van der Waals surface area contributed by atoms with E-state index in [1.807, 2.05) is 0 Å². The van der Waals surface area contributed by atoms with Crippen LogP contribution in [0.15, 0.2) is 0 Å². The molecule has 0 aromatic heterocycles. The summed E-state index contributed by atoms with van der Waals surface area (Å²) in [4.78, 5) is 2.67. The van der Waals surface area contributed by atoms with E-state index in [4.69, 9.17) is 5.73 Å². The van der Waals surface area contributed by atoms with Gasteiger partial charge in [-0.2, -0.15) is 11.8 Å². The molecule has 2 N–H and O–H groups in total. The molecular weight excluding hydrogens is 240 g/mol. The van der Waals surface area contributed by atoms with Gasteiger partial charge in [0.1, 0.15) is 0 Å². The van der Waals surface area contributed by atoms with E-state index in [1.165, 1.54) is 57.4 Å². The standard InChI is InChI=1S/C15H30N2S/c1-15(2)12-17(8-9-18-15)14(11-16)10-13-6-4-3-5-7-13/h13-14H,3-12,16H2,1-2H3. The Morgan fingerprint density at radius 1 is 1.28 bits per heavy atom. The zero-order valence-corrected chi connectivity index (χ0v) is 13.0. The molecule has 0 radical (unpaired) electrons. The van der Waals surface area contributed by atoms with E-state index in [0.29, 0.717) is 10.8 Å². The Bertz CT molecular complexity index is 249. The lowest BCUT2D eigenvalue weighted by atomic mass is 9.84. The number of hydrogen-bond acceptors (Lipinski definition) is 3. The highest BCUT2D eigenvalue weighted by Crippen LogP contribution is 2.33. The van der Waals surface area contributed by atoms with Gasteiger partial charge in [0.2, 0.25) is 0 Å². The van der Waals surface area contributed by atoms with Gasteiger partial charge in [0, 0.05) is 36.2 Å². The Hall–Kier alpha value is 0.270. The van der Waals surface area contributed by atoms with Crippen molar-refractivity contribution >= 4 is 11.8 Å². The summed E-state index contributed by atoms with van der Waals surface area (Å²) in [5.74, 6) is 2.22. The maximum atomic E-state index is 6.06. The molecule has 2 nitrogen and oxygen atoms in total. The minimum atomic E-state index is 0.415. The second kappa shape index (κ2) is 6.62. The van der Waals surface area contributed by atoms with Gasteiger partial charge in [-0.15, -0.1) is 0 Å². The molecule has 1 heterocycles. The molecule has 0 amide bonds. The van der Waals surface area contributed by atoms with Crippen molar-refractivity contribution in [3.05, 3.63) is 0 Å². The van der Waals surface area contributed by atoms with Gasteiger partial charge in [-0.05, 0) is 26.2 Å². The fourth-order valence-electron chi connectivity index (χ4n) is 3.57. The Morgan fingerprint density at radius 3 is 2.61 bits per heavy atom. The third kappa shape index (κ3) is 4.14. The first-order valence-electron chi connectivity index (χ1n) is 7.69. The minimum absolute atomic E-state index is 0.415. The van der Waals surface area contributed by atoms with Crippen molar-refractivity contribution in [3.8, 4) is 0 Å². The van der Waals surface area contributed by atoms with Crippen LogP contribution in [0.5, 0.6) is 0 Å². The van der Waals surface area contributed by atoms with Crippen molar-refractivity contribution in [3.63, 3.8) is 0 Å². The lowest BCUT2D eigenvalue weighted by molar-refractivity contribution is 0.153. The molecule has 1 unspecified atom stereocenters. The average molecular weight is 270 g/mol. The summed E-state index contributed by atoms with van der Waals surface area (Å²) in [6.07, 6.45) is 8.59. The van der Waals surface area contributed by atoms with Gasteiger partial charge < -0.3 is 5.73 Å². The van der Waals surface area contributed by atoms with Crippen LogP contribution in [-0.2, 0) is 0 Å². The SMILES string of the molecule is CC1(C)CN(C(CN)CC2CCCCC2)CCS1. The van der Waals surface area contributed by atoms with Gasteiger partial charge in [0.05, 0.1) is 0 Å². The number of nitrogens with two attached hydrogens (primary N) is 1. The molecule has 1 saturated heterocycles. The highest BCUT2D eigenvalue weighted by Gasteiger charge is 2.31. The zero-order valence-electron chi connectivity index (χ0n) is 12.2. The maximum Gasteiger partial charge on any atom is 0.0231 e. The van der Waals surface area contributed by atoms with Crippen LogP contribution in [0.25, 0.3) is 0 Å². The molecule has 0 aromatic carbocycles. The van der Waals surface area contributed by atoms with E-state index in [1.54, 1.807) is 0 Å². The first kappa shape index (κ1) is 14.7. The molecule has 18 heavy (non-hydrogen) atoms. The molecule has 1 aliphatic heterocycles. The van der Waals surface area contributed by atoms with Crippen LogP contribution in [0.2, 0.25) is 0 Å². The van der Waals surface area contributed by atoms with Gasteiger partial charge in [-0.25, -0.2) is 0 Å². The summed E-state index contributed by atoms with van der Waals surface area (Å²) in [6, 6.07) is 0.633. The first-order chi connectivity index (χ1) is 8.61. The lowest BCUT2D eigenvalue weighted by Crippen LogP contribution is -2.51. The Balaban J connectivity index is 1.86. The summed E-state index contributed by atoms with van der Waals surface area (Å²) >= 11 is 2.12. The predicted molar refractivity (Wildman–Crippen MR) is 82.1 cm³/mol. The van der Waals surface area contributed by atoms with Crippen LogP contribution in [0.3, 0.4) is 0 Å². The van der Waals surface area contributed by atoms with Crippen molar-refractivity contribution < 1.29 is 0 Å². The highest BCUT2D eigenvalue weighted by atomic mass is 32.2. The Morgan fingerprint density at radius 2 is 2.00 bits per heavy atom. The smallest absolute Gasteiger partial charge is 0.0231 e. The molecule has 3 heteroatoms. The van der Waals surface area contributed by atoms with Crippen molar-refractivity contribution in [2.75, 3.05) is 25.4 Å². The van der Waals surface area contributed by atoms with Crippen LogP contribution >= 0.6 is 11.8 Å². The van der Waals surface area contributed by atoms with Crippen LogP contribution in [0.1, 0.15) is 52.4 Å². The Labute approximate surface area is 117 Å². The van der Waals surface area contributed by atoms with Crippen molar-refractivity contribution in [1.29, 1.82) is 0 Å². The quantitative estimate of drug-likeness (QED) is 0.851. The van der Waals surface area contributed by atoms with Gasteiger partial charge in [-0.1, -0.05) is 32.1 Å². The molecule has 1 atom stereocenters. The van der Waals surface area contributed by atoms with Crippen molar-refractivity contribution in [2.24, 2.45) is 11.7 Å². The third-order valence-electron chi connectivity index (χ3n) is 4.57. The average Bonchev–Trinajstić information content (AvgIpc) is 2.36. The summed E-state index contributed by atoms with van der Waals surface area (Å²) in [7, 11) is 0. The summed E-state index contributed by atoms with van der Waals surface area (Å²) in [5.41, 5.74) is 6.06. The lowest BCUT2D eigenvalue weighted by Gasteiger charge is -2.42. The molecule has 2 fully saturated rings. The molecule has 0 bridgehead atoms. The molecule has 2 aliphatic rings. The summed E-state index contributed by atoms with van der Waals surface area (Å²) < 4.78 is 0.415. The fourth-order valence-corrected chi connectivity index (χ4v) is 4.70. The van der Waals surface area contributed by atoms with E-state index in [2.05, 4.69) is 30.5 Å². The predicted octanol–water partition coefficient (Wildman–Crippen LogP) is 3.11. The van der Waals surface area contributed by atoms with Gasteiger partial charge in [0.15, 0.2) is 0 Å². The molecular formula is C15H30N2S. The number of hydrogen-bond donors (Lipinski definition) is 1. The molecule has 106 valence electrons. The van der Waals surface area contributed by atoms with Gasteiger partial charge >= 0.3 is 0 Å². The molecule has 2 rings (SSSR count). The van der Waals surface area contributed by atoms with Crippen LogP contribution in [0, 0.1) is 5.92 Å². The van der Waals surface area contributed by atoms with Gasteiger partial charge in [0.25, 0.3) is 0 Å². The highest BCUT2D eigenvalue weighted by molar-refractivity contribution is 8.00. The number of thioether (sulfide) groups is 1. The third-order valence-corrected chi connectivity index (χ3v) is 5.87. The van der Waals surface area contributed by atoms with E-state index in [9.17, 15) is 0 Å². The maximum absolute atomic E-state index is 6.06. The van der Waals surface area contributed by atoms with E-state index in [-0.39, 0.29) is 0 Å². The zero-order chi connectivity index (χ0) is 13.0. The van der Waals surface area contributed by atoms with E-state index < -0.39 is 0 Å². The summed E-state index contributed by atoms with van der Waals surface area (Å²) in [5, 5.41) is 0. The second-order valence-electron chi connectivity index (χ2n) is 6.71. The van der Waals surface area contributed by atoms with Crippen molar-refractivity contribution in [1.82, 2.24) is 4.90 Å². The van der Waals surface area contributed by atoms with Crippen LogP contribution in [0.4, 0.5) is 0 Å². The molecule has 0 aromatic rings. The topological polar surface area (TPSA) is 29.3 Å². The monoisotopic (exact) mass is 270 g/mol. The fraction of sp³-hybridized carbons (Fsp3) is 1.00. The first-order valence-corrected chi connectivity index (χ1v) is 8.67. The Kier molecular flexibility index (Phi) is 5.40. The largest absolute Gasteiger partial charge is 0.329 e. The van der Waals surface area contributed by atoms with Crippen LogP contribution < -0.4 is 5.73 Å². The van der Waals surface area contributed by atoms with Gasteiger partial charge in [-0.3, -0.25) is 4.90 Å². The normalized spacial score (nSPS) is 28.2. The summed E-state index contributed by atoms with van der Waals surface area (Å²) in [6.45, 7) is 8.04.